The number of hydrogen-bond acceptors (Lipinski definition) is 6. The number of carbonyl (C=O) groups is 1. The van der Waals surface area contributed by atoms with Crippen molar-refractivity contribution in [2.24, 2.45) is 0 Å². The van der Waals surface area contributed by atoms with E-state index in [-0.39, 0.29) is 30.5 Å². The summed E-state index contributed by atoms with van der Waals surface area (Å²) in [5.74, 6) is 0.228. The van der Waals surface area contributed by atoms with Gasteiger partial charge in [-0.3, -0.25) is 4.79 Å². The highest BCUT2D eigenvalue weighted by atomic mass is 32.2. The van der Waals surface area contributed by atoms with Crippen molar-refractivity contribution in [2.45, 2.75) is 17.7 Å². The number of hydrogen-bond donors (Lipinski definition) is 1. The molecule has 3 aromatic rings. The lowest BCUT2D eigenvalue weighted by molar-refractivity contribution is -0.144. The number of nitrogens with one attached hydrogen (secondary N) is 1. The number of rotatable bonds is 9. The number of morpholine rings is 1. The number of carbonyl (C=O) groups excluding carboxylic acids is 1. The maximum Gasteiger partial charge on any atom is 0.306 e. The molecule has 0 bridgehead atoms. The van der Waals surface area contributed by atoms with Crippen LogP contribution < -0.4 is 4.74 Å². The minimum atomic E-state index is -3.53. The van der Waals surface area contributed by atoms with Crippen LogP contribution in [-0.2, 0) is 30.7 Å². The van der Waals surface area contributed by atoms with E-state index in [4.69, 9.17) is 14.2 Å². The van der Waals surface area contributed by atoms with Crippen LogP contribution >= 0.6 is 0 Å². The highest BCUT2D eigenvalue weighted by Gasteiger charge is 2.26. The van der Waals surface area contributed by atoms with Crippen LogP contribution in [0.25, 0.3) is 10.9 Å². The number of aryl methyl sites for hydroxylation is 1. The average Bonchev–Trinajstić information content (AvgIpc) is 3.24. The maximum atomic E-state index is 12.6. The number of aromatic amines is 1. The fraction of sp³-hybridized carbons (Fsp3) is 0.348. The van der Waals surface area contributed by atoms with Crippen molar-refractivity contribution < 1.29 is 27.4 Å². The number of aromatic nitrogens is 1. The molecule has 0 spiro atoms. The third kappa shape index (κ3) is 5.29. The number of benzene rings is 2. The Bertz CT molecular complexity index is 1150. The quantitative estimate of drug-likeness (QED) is 0.391. The Morgan fingerprint density at radius 2 is 1.78 bits per heavy atom. The van der Waals surface area contributed by atoms with Gasteiger partial charge in [0.05, 0.1) is 18.1 Å². The van der Waals surface area contributed by atoms with E-state index in [1.54, 1.807) is 12.1 Å². The summed E-state index contributed by atoms with van der Waals surface area (Å²) in [4.78, 5) is 15.4. The molecule has 32 heavy (non-hydrogen) atoms. The van der Waals surface area contributed by atoms with E-state index in [1.165, 1.54) is 16.4 Å². The first-order valence-corrected chi connectivity index (χ1v) is 12.0. The summed E-state index contributed by atoms with van der Waals surface area (Å²) in [6, 6.07) is 14.2. The zero-order valence-electron chi connectivity index (χ0n) is 17.7. The van der Waals surface area contributed by atoms with E-state index in [2.05, 4.69) is 4.98 Å². The van der Waals surface area contributed by atoms with E-state index >= 15 is 0 Å². The lowest BCUT2D eigenvalue weighted by Crippen LogP contribution is -2.40. The molecule has 2 heterocycles. The van der Waals surface area contributed by atoms with Crippen LogP contribution in [0.3, 0.4) is 0 Å². The number of H-pyrrole nitrogens is 1. The standard InChI is InChI=1S/C23H26N2O6S/c26-23(10-5-18-17-24-22-4-2-1-3-21(18)22)31-16-15-30-19-6-8-20(9-7-19)32(27,28)25-11-13-29-14-12-25/h1-4,6-9,17,24H,5,10-16H2. The van der Waals surface area contributed by atoms with Crippen molar-refractivity contribution in [2.75, 3.05) is 39.5 Å². The minimum Gasteiger partial charge on any atom is -0.490 e. The van der Waals surface area contributed by atoms with Crippen LogP contribution in [-0.4, -0.2) is 63.2 Å². The summed E-state index contributed by atoms with van der Waals surface area (Å²) in [6.45, 7) is 1.83. The molecule has 1 aromatic heterocycles. The fourth-order valence-electron chi connectivity index (χ4n) is 3.61. The smallest absolute Gasteiger partial charge is 0.306 e. The molecule has 0 radical (unpaired) electrons. The summed E-state index contributed by atoms with van der Waals surface area (Å²) in [6.07, 6.45) is 2.81. The van der Waals surface area contributed by atoms with Crippen molar-refractivity contribution in [3.05, 3.63) is 60.3 Å². The van der Waals surface area contributed by atoms with Crippen molar-refractivity contribution in [1.82, 2.24) is 9.29 Å². The third-order valence-electron chi connectivity index (χ3n) is 5.32. The molecule has 0 amide bonds. The van der Waals surface area contributed by atoms with E-state index in [0.29, 0.717) is 38.5 Å². The molecule has 0 aliphatic carbocycles. The Labute approximate surface area is 187 Å². The van der Waals surface area contributed by atoms with Gasteiger partial charge < -0.3 is 19.2 Å². The molecule has 9 heteroatoms. The van der Waals surface area contributed by atoms with Gasteiger partial charge in [-0.1, -0.05) is 18.2 Å². The molecular formula is C23H26N2O6S. The van der Waals surface area contributed by atoms with Gasteiger partial charge in [-0.05, 0) is 42.3 Å². The first kappa shape index (κ1) is 22.3. The molecular weight excluding hydrogens is 432 g/mol. The van der Waals surface area contributed by atoms with Crippen LogP contribution in [0.4, 0.5) is 0 Å². The molecule has 4 rings (SSSR count). The maximum absolute atomic E-state index is 12.6. The summed E-state index contributed by atoms with van der Waals surface area (Å²) in [5.41, 5.74) is 2.13. The first-order valence-electron chi connectivity index (χ1n) is 10.6. The Balaban J connectivity index is 1.19. The lowest BCUT2D eigenvalue weighted by atomic mass is 10.1. The van der Waals surface area contributed by atoms with E-state index < -0.39 is 10.0 Å². The van der Waals surface area contributed by atoms with Gasteiger partial charge >= 0.3 is 5.97 Å². The largest absolute Gasteiger partial charge is 0.490 e. The van der Waals surface area contributed by atoms with E-state index in [9.17, 15) is 13.2 Å². The van der Waals surface area contributed by atoms with Gasteiger partial charge in [0.15, 0.2) is 0 Å². The van der Waals surface area contributed by atoms with Gasteiger partial charge in [0.1, 0.15) is 19.0 Å². The van der Waals surface area contributed by atoms with Crippen molar-refractivity contribution in [3.8, 4) is 5.75 Å². The van der Waals surface area contributed by atoms with Crippen LogP contribution in [0.15, 0.2) is 59.6 Å². The number of esters is 1. The van der Waals surface area contributed by atoms with Crippen LogP contribution in [0, 0.1) is 0 Å². The lowest BCUT2D eigenvalue weighted by Gasteiger charge is -2.26. The second-order valence-electron chi connectivity index (χ2n) is 7.42. The van der Waals surface area contributed by atoms with Crippen molar-refractivity contribution >= 4 is 26.9 Å². The molecule has 8 nitrogen and oxygen atoms in total. The Morgan fingerprint density at radius 1 is 1.03 bits per heavy atom. The predicted molar refractivity (Wildman–Crippen MR) is 119 cm³/mol. The zero-order valence-corrected chi connectivity index (χ0v) is 18.5. The molecule has 1 saturated heterocycles. The molecule has 1 fully saturated rings. The van der Waals surface area contributed by atoms with Gasteiger partial charge in [-0.2, -0.15) is 4.31 Å². The van der Waals surface area contributed by atoms with Crippen LogP contribution in [0.5, 0.6) is 5.75 Å². The molecule has 0 saturated carbocycles. The Hall–Kier alpha value is -2.88. The van der Waals surface area contributed by atoms with Crippen molar-refractivity contribution in [3.63, 3.8) is 0 Å². The SMILES string of the molecule is O=C(CCc1c[nH]c2ccccc12)OCCOc1ccc(S(=O)(=O)N2CCOCC2)cc1. The van der Waals surface area contributed by atoms with Gasteiger partial charge in [-0.15, -0.1) is 0 Å². The summed E-state index contributed by atoms with van der Waals surface area (Å²) >= 11 is 0. The van der Waals surface area contributed by atoms with Gasteiger partial charge in [-0.25, -0.2) is 8.42 Å². The first-order chi connectivity index (χ1) is 15.5. The van der Waals surface area contributed by atoms with Crippen LogP contribution in [0.2, 0.25) is 0 Å². The van der Waals surface area contributed by atoms with Crippen LogP contribution in [0.1, 0.15) is 12.0 Å². The zero-order chi connectivity index (χ0) is 22.4. The number of fused-ring (bicyclic) bond motifs is 1. The highest BCUT2D eigenvalue weighted by molar-refractivity contribution is 7.89. The third-order valence-corrected chi connectivity index (χ3v) is 7.23. The Kier molecular flexibility index (Phi) is 7.09. The number of para-hydroxylation sites is 1. The number of nitrogens with zero attached hydrogens (tertiary/aromatic N) is 1. The molecule has 1 N–H and O–H groups in total. The minimum absolute atomic E-state index is 0.126. The number of ether oxygens (including phenoxy) is 3. The highest BCUT2D eigenvalue weighted by Crippen LogP contribution is 2.21. The average molecular weight is 459 g/mol. The van der Waals surface area contributed by atoms with Gasteiger partial charge in [0, 0.05) is 36.6 Å². The molecule has 1 aliphatic heterocycles. The second kappa shape index (κ2) is 10.2. The van der Waals surface area contributed by atoms with Gasteiger partial charge in [0.25, 0.3) is 0 Å². The van der Waals surface area contributed by atoms with Gasteiger partial charge in [0.2, 0.25) is 10.0 Å². The number of sulfonamides is 1. The molecule has 2 aromatic carbocycles. The van der Waals surface area contributed by atoms with E-state index in [0.717, 1.165) is 16.5 Å². The predicted octanol–water partition coefficient (Wildman–Crippen LogP) is 2.74. The summed E-state index contributed by atoms with van der Waals surface area (Å²) in [5, 5.41) is 1.11. The molecule has 170 valence electrons. The molecule has 0 unspecified atom stereocenters. The summed E-state index contributed by atoms with van der Waals surface area (Å²) in [7, 11) is -3.53. The monoisotopic (exact) mass is 458 g/mol. The molecule has 0 atom stereocenters. The molecule has 1 aliphatic rings. The normalized spacial score (nSPS) is 15.0. The fourth-order valence-corrected chi connectivity index (χ4v) is 5.01. The topological polar surface area (TPSA) is 97.9 Å². The van der Waals surface area contributed by atoms with E-state index in [1.807, 2.05) is 30.5 Å². The summed E-state index contributed by atoms with van der Waals surface area (Å²) < 4.78 is 42.7. The Morgan fingerprint density at radius 3 is 2.56 bits per heavy atom. The van der Waals surface area contributed by atoms with Crippen molar-refractivity contribution in [1.29, 1.82) is 0 Å². The second-order valence-corrected chi connectivity index (χ2v) is 9.35.